The molecule has 1 rings (SSSR count). The van der Waals surface area contributed by atoms with E-state index >= 15 is 0 Å². The molecule has 1 aromatic rings. The van der Waals surface area contributed by atoms with Crippen molar-refractivity contribution in [1.29, 1.82) is 0 Å². The highest BCUT2D eigenvalue weighted by atomic mass is 16.5. The van der Waals surface area contributed by atoms with Crippen LogP contribution in [0.4, 0.5) is 0 Å². The average Bonchev–Trinajstić information content (AvgIpc) is 2.46. The van der Waals surface area contributed by atoms with Crippen LogP contribution in [0.25, 0.3) is 0 Å². The summed E-state index contributed by atoms with van der Waals surface area (Å²) < 4.78 is 5.40. The molecule has 1 aromatic carbocycles. The van der Waals surface area contributed by atoms with E-state index in [0.717, 1.165) is 24.8 Å². The number of ether oxygens (including phenoxy) is 1. The van der Waals surface area contributed by atoms with Crippen LogP contribution in [0.1, 0.15) is 57.9 Å². The number of carbonyl (C=O) groups excluding carboxylic acids is 1. The predicted molar refractivity (Wildman–Crippen MR) is 78.8 cm³/mol. The highest BCUT2D eigenvalue weighted by molar-refractivity contribution is 5.72. The van der Waals surface area contributed by atoms with Gasteiger partial charge >= 0.3 is 5.97 Å². The first-order chi connectivity index (χ1) is 9.27. The summed E-state index contributed by atoms with van der Waals surface area (Å²) in [5.74, 6) is 0.0309. The molecule has 0 unspecified atom stereocenters. The zero-order chi connectivity index (χ0) is 13.9. The quantitative estimate of drug-likeness (QED) is 0.475. The summed E-state index contributed by atoms with van der Waals surface area (Å²) in [5.41, 5.74) is 1.05. The molecular formula is C17H26O2. The Bertz CT molecular complexity index is 346. The van der Waals surface area contributed by atoms with E-state index in [0.29, 0.717) is 6.61 Å². The van der Waals surface area contributed by atoms with Crippen LogP contribution in [0, 0.1) is 5.92 Å². The van der Waals surface area contributed by atoms with Crippen LogP contribution in [0.3, 0.4) is 0 Å². The summed E-state index contributed by atoms with van der Waals surface area (Å²) in [6.07, 6.45) is 6.68. The standard InChI is InChI=1S/C17H26O2/c1-3-5-6-10-13-16(4-2)17(18)19-14-15-11-8-7-9-12-15/h7-9,11-12,16H,3-6,10,13-14H2,1-2H3/t16-/m1/s1. The van der Waals surface area contributed by atoms with Gasteiger partial charge in [0.25, 0.3) is 0 Å². The van der Waals surface area contributed by atoms with Gasteiger partial charge in [-0.15, -0.1) is 0 Å². The first kappa shape index (κ1) is 15.7. The zero-order valence-electron chi connectivity index (χ0n) is 12.2. The van der Waals surface area contributed by atoms with Crippen molar-refractivity contribution in [2.45, 2.75) is 59.0 Å². The minimum absolute atomic E-state index is 0.0390. The monoisotopic (exact) mass is 262 g/mol. The molecule has 0 amide bonds. The minimum Gasteiger partial charge on any atom is -0.461 e. The molecular weight excluding hydrogens is 236 g/mol. The predicted octanol–water partition coefficient (Wildman–Crippen LogP) is 4.73. The SMILES string of the molecule is CCCCCC[C@@H](CC)C(=O)OCc1ccccc1. The third-order valence-electron chi connectivity index (χ3n) is 3.46. The van der Waals surface area contributed by atoms with Gasteiger partial charge in [0.05, 0.1) is 5.92 Å². The van der Waals surface area contributed by atoms with Gasteiger partial charge in [0.2, 0.25) is 0 Å². The van der Waals surface area contributed by atoms with Gasteiger partial charge in [0.1, 0.15) is 6.61 Å². The molecule has 0 spiro atoms. The van der Waals surface area contributed by atoms with Crippen molar-refractivity contribution >= 4 is 5.97 Å². The lowest BCUT2D eigenvalue weighted by Gasteiger charge is -2.14. The molecule has 0 fully saturated rings. The van der Waals surface area contributed by atoms with Gasteiger partial charge in [-0.1, -0.05) is 69.9 Å². The number of carbonyl (C=O) groups is 1. The van der Waals surface area contributed by atoms with Crippen LogP contribution < -0.4 is 0 Å². The van der Waals surface area contributed by atoms with Crippen LogP contribution in [0.15, 0.2) is 30.3 Å². The molecule has 106 valence electrons. The maximum absolute atomic E-state index is 12.0. The van der Waals surface area contributed by atoms with E-state index in [1.165, 1.54) is 19.3 Å². The number of esters is 1. The van der Waals surface area contributed by atoms with E-state index in [9.17, 15) is 4.79 Å². The first-order valence-corrected chi connectivity index (χ1v) is 7.48. The van der Waals surface area contributed by atoms with Crippen LogP contribution in [0.2, 0.25) is 0 Å². The Balaban J connectivity index is 2.29. The number of rotatable bonds is 9. The van der Waals surface area contributed by atoms with Crippen molar-refractivity contribution < 1.29 is 9.53 Å². The summed E-state index contributed by atoms with van der Waals surface area (Å²) >= 11 is 0. The van der Waals surface area contributed by atoms with Gasteiger partial charge in [-0.2, -0.15) is 0 Å². The average molecular weight is 262 g/mol. The number of unbranched alkanes of at least 4 members (excludes halogenated alkanes) is 3. The molecule has 0 aliphatic carbocycles. The summed E-state index contributed by atoms with van der Waals surface area (Å²) in [6, 6.07) is 9.86. The van der Waals surface area contributed by atoms with E-state index < -0.39 is 0 Å². The minimum atomic E-state index is -0.0390. The van der Waals surface area contributed by atoms with Crippen molar-refractivity contribution in [2.75, 3.05) is 0 Å². The Morgan fingerprint density at radius 3 is 2.47 bits per heavy atom. The molecule has 0 saturated carbocycles. The van der Waals surface area contributed by atoms with Crippen molar-refractivity contribution in [1.82, 2.24) is 0 Å². The van der Waals surface area contributed by atoms with E-state index in [4.69, 9.17) is 4.74 Å². The molecule has 0 saturated heterocycles. The van der Waals surface area contributed by atoms with Gasteiger partial charge in [0.15, 0.2) is 0 Å². The first-order valence-electron chi connectivity index (χ1n) is 7.48. The van der Waals surface area contributed by atoms with Gasteiger partial charge in [-0.25, -0.2) is 0 Å². The van der Waals surface area contributed by atoms with Gasteiger partial charge in [-0.05, 0) is 18.4 Å². The van der Waals surface area contributed by atoms with Crippen LogP contribution in [-0.4, -0.2) is 5.97 Å². The number of hydrogen-bond acceptors (Lipinski definition) is 2. The second kappa shape index (κ2) is 9.60. The zero-order valence-corrected chi connectivity index (χ0v) is 12.2. The molecule has 0 aliphatic heterocycles. The van der Waals surface area contributed by atoms with Crippen LogP contribution >= 0.6 is 0 Å². The number of hydrogen-bond donors (Lipinski definition) is 0. The summed E-state index contributed by atoms with van der Waals surface area (Å²) in [5, 5.41) is 0. The maximum atomic E-state index is 12.0. The van der Waals surface area contributed by atoms with E-state index in [1.54, 1.807) is 0 Å². The Hall–Kier alpha value is -1.31. The topological polar surface area (TPSA) is 26.3 Å². The normalized spacial score (nSPS) is 12.1. The summed E-state index contributed by atoms with van der Waals surface area (Å²) in [7, 11) is 0. The second-order valence-electron chi connectivity index (χ2n) is 5.05. The molecule has 0 radical (unpaired) electrons. The van der Waals surface area contributed by atoms with Crippen LogP contribution in [-0.2, 0) is 16.1 Å². The fourth-order valence-electron chi connectivity index (χ4n) is 2.15. The fourth-order valence-corrected chi connectivity index (χ4v) is 2.15. The highest BCUT2D eigenvalue weighted by Gasteiger charge is 2.17. The molecule has 2 heteroatoms. The summed E-state index contributed by atoms with van der Waals surface area (Å²) in [6.45, 7) is 4.66. The van der Waals surface area contributed by atoms with Gasteiger partial charge < -0.3 is 4.74 Å². The lowest BCUT2D eigenvalue weighted by atomic mass is 9.98. The Morgan fingerprint density at radius 2 is 1.84 bits per heavy atom. The smallest absolute Gasteiger partial charge is 0.309 e. The molecule has 1 atom stereocenters. The van der Waals surface area contributed by atoms with Crippen LogP contribution in [0.5, 0.6) is 0 Å². The molecule has 19 heavy (non-hydrogen) atoms. The molecule has 0 heterocycles. The summed E-state index contributed by atoms with van der Waals surface area (Å²) in [4.78, 5) is 12.0. The van der Waals surface area contributed by atoms with Crippen molar-refractivity contribution in [2.24, 2.45) is 5.92 Å². The van der Waals surface area contributed by atoms with Crippen molar-refractivity contribution in [3.05, 3.63) is 35.9 Å². The van der Waals surface area contributed by atoms with Gasteiger partial charge in [0, 0.05) is 0 Å². The largest absolute Gasteiger partial charge is 0.461 e. The van der Waals surface area contributed by atoms with E-state index in [2.05, 4.69) is 13.8 Å². The molecule has 2 nitrogen and oxygen atoms in total. The lowest BCUT2D eigenvalue weighted by molar-refractivity contribution is -0.150. The molecule has 0 bridgehead atoms. The van der Waals surface area contributed by atoms with Crippen molar-refractivity contribution in [3.63, 3.8) is 0 Å². The Labute approximate surface area is 117 Å². The third-order valence-corrected chi connectivity index (χ3v) is 3.46. The van der Waals surface area contributed by atoms with E-state index in [1.807, 2.05) is 30.3 Å². The molecule has 0 N–H and O–H groups in total. The third kappa shape index (κ3) is 6.42. The van der Waals surface area contributed by atoms with E-state index in [-0.39, 0.29) is 11.9 Å². The molecule has 0 aliphatic rings. The molecule has 0 aromatic heterocycles. The fraction of sp³-hybridized carbons (Fsp3) is 0.588. The second-order valence-corrected chi connectivity index (χ2v) is 5.05. The lowest BCUT2D eigenvalue weighted by Crippen LogP contribution is -2.17. The Kier molecular flexibility index (Phi) is 7.95. The van der Waals surface area contributed by atoms with Gasteiger partial charge in [-0.3, -0.25) is 4.79 Å². The highest BCUT2D eigenvalue weighted by Crippen LogP contribution is 2.16. The Morgan fingerprint density at radius 1 is 1.11 bits per heavy atom. The number of benzene rings is 1. The maximum Gasteiger partial charge on any atom is 0.309 e. The van der Waals surface area contributed by atoms with Crippen molar-refractivity contribution in [3.8, 4) is 0 Å².